The lowest BCUT2D eigenvalue weighted by atomic mass is 10.1. The first kappa shape index (κ1) is 18.6. The molecule has 3 rings (SSSR count). The number of hydrogen-bond donors (Lipinski definition) is 1. The average molecular weight is 389 g/mol. The van der Waals surface area contributed by atoms with Crippen LogP contribution in [0.15, 0.2) is 54.6 Å². The summed E-state index contributed by atoms with van der Waals surface area (Å²) in [7, 11) is 0. The number of nitrogens with zero attached hydrogens (tertiary/aromatic N) is 1. The first-order chi connectivity index (χ1) is 12.3. The SMILES string of the molecule is CC1(C)C(C(=O)OC(C#N)c2cccc(Nc3ccccc3)c2)C1(Cl)Cl. The zero-order valence-corrected chi connectivity index (χ0v) is 15.9. The van der Waals surface area contributed by atoms with E-state index in [0.29, 0.717) is 5.56 Å². The van der Waals surface area contributed by atoms with Crippen molar-refractivity contribution in [3.8, 4) is 6.07 Å². The smallest absolute Gasteiger partial charge is 0.314 e. The highest BCUT2D eigenvalue weighted by molar-refractivity contribution is 6.53. The Morgan fingerprint density at radius 3 is 2.35 bits per heavy atom. The maximum atomic E-state index is 12.4. The molecule has 2 atom stereocenters. The van der Waals surface area contributed by atoms with E-state index < -0.39 is 27.7 Å². The third kappa shape index (κ3) is 3.38. The topological polar surface area (TPSA) is 62.1 Å². The van der Waals surface area contributed by atoms with Crippen LogP contribution in [0.1, 0.15) is 25.5 Å². The van der Waals surface area contributed by atoms with Crippen molar-refractivity contribution in [2.24, 2.45) is 11.3 Å². The molecule has 2 unspecified atom stereocenters. The second kappa shape index (κ2) is 6.83. The highest BCUT2D eigenvalue weighted by Gasteiger charge is 2.74. The molecule has 0 bridgehead atoms. The predicted molar refractivity (Wildman–Crippen MR) is 102 cm³/mol. The van der Waals surface area contributed by atoms with Gasteiger partial charge in [0.15, 0.2) is 0 Å². The summed E-state index contributed by atoms with van der Waals surface area (Å²) in [4.78, 5) is 12.4. The number of carbonyl (C=O) groups excluding carboxylic acids is 1. The number of nitrogens with one attached hydrogen (secondary N) is 1. The molecular formula is C20H18Cl2N2O2. The molecule has 2 aromatic rings. The maximum absolute atomic E-state index is 12.4. The lowest BCUT2D eigenvalue weighted by molar-refractivity contribution is -0.149. The van der Waals surface area contributed by atoms with Crippen LogP contribution in [-0.2, 0) is 9.53 Å². The number of rotatable bonds is 5. The number of halogens is 2. The Morgan fingerprint density at radius 1 is 1.15 bits per heavy atom. The number of alkyl halides is 2. The number of esters is 1. The van der Waals surface area contributed by atoms with Gasteiger partial charge in [0.05, 0.1) is 5.92 Å². The van der Waals surface area contributed by atoms with E-state index in [1.165, 1.54) is 0 Å². The molecule has 0 aliphatic heterocycles. The van der Waals surface area contributed by atoms with Gasteiger partial charge in [-0.25, -0.2) is 0 Å². The van der Waals surface area contributed by atoms with Crippen LogP contribution in [0.2, 0.25) is 0 Å². The van der Waals surface area contributed by atoms with Crippen molar-refractivity contribution in [1.29, 1.82) is 5.26 Å². The Hall–Kier alpha value is -2.22. The van der Waals surface area contributed by atoms with E-state index in [0.717, 1.165) is 11.4 Å². The van der Waals surface area contributed by atoms with Crippen LogP contribution in [0.25, 0.3) is 0 Å². The molecule has 0 heterocycles. The molecule has 0 saturated heterocycles. The summed E-state index contributed by atoms with van der Waals surface area (Å²) in [5.74, 6) is -1.22. The van der Waals surface area contributed by atoms with Gasteiger partial charge in [-0.15, -0.1) is 23.2 Å². The maximum Gasteiger partial charge on any atom is 0.314 e. The Bertz CT molecular complexity index is 846. The Kier molecular flexibility index (Phi) is 4.88. The van der Waals surface area contributed by atoms with E-state index in [9.17, 15) is 10.1 Å². The van der Waals surface area contributed by atoms with Gasteiger partial charge in [-0.3, -0.25) is 4.79 Å². The lowest BCUT2D eigenvalue weighted by Gasteiger charge is -2.14. The normalized spacial score (nSPS) is 20.5. The number of nitriles is 1. The molecule has 1 saturated carbocycles. The summed E-state index contributed by atoms with van der Waals surface area (Å²) in [6.07, 6.45) is -1.03. The minimum Gasteiger partial charge on any atom is -0.442 e. The number of benzene rings is 2. The van der Waals surface area contributed by atoms with Crippen molar-refractivity contribution >= 4 is 40.5 Å². The highest BCUT2D eigenvalue weighted by atomic mass is 35.5. The molecule has 0 amide bonds. The quantitative estimate of drug-likeness (QED) is 0.552. The van der Waals surface area contributed by atoms with Crippen LogP contribution in [0.5, 0.6) is 0 Å². The van der Waals surface area contributed by atoms with E-state index in [-0.39, 0.29) is 0 Å². The van der Waals surface area contributed by atoms with E-state index in [1.54, 1.807) is 32.0 Å². The predicted octanol–water partition coefficient (Wildman–Crippen LogP) is 5.37. The molecule has 2 aromatic carbocycles. The molecule has 26 heavy (non-hydrogen) atoms. The lowest BCUT2D eigenvalue weighted by Crippen LogP contribution is -2.15. The minimum atomic E-state index is -1.17. The molecule has 1 aliphatic carbocycles. The van der Waals surface area contributed by atoms with Gasteiger partial charge in [-0.1, -0.05) is 44.2 Å². The van der Waals surface area contributed by atoms with Gasteiger partial charge in [0, 0.05) is 22.4 Å². The largest absolute Gasteiger partial charge is 0.442 e. The van der Waals surface area contributed by atoms with Gasteiger partial charge in [-0.05, 0) is 24.3 Å². The van der Waals surface area contributed by atoms with Gasteiger partial charge in [0.1, 0.15) is 10.4 Å². The monoisotopic (exact) mass is 388 g/mol. The third-order valence-corrected chi connectivity index (χ3v) is 6.11. The standard InChI is InChI=1S/C20H18Cl2N2O2/c1-19(2)17(20(19,21)22)18(25)26-16(12-23)13-7-6-10-15(11-13)24-14-8-4-3-5-9-14/h3-11,16-17,24H,1-2H3. The number of carbonyl (C=O) groups is 1. The molecule has 1 N–H and O–H groups in total. The number of anilines is 2. The van der Waals surface area contributed by atoms with Gasteiger partial charge in [-0.2, -0.15) is 5.26 Å². The van der Waals surface area contributed by atoms with Crippen molar-refractivity contribution in [3.05, 3.63) is 60.2 Å². The second-order valence-corrected chi connectivity index (χ2v) is 8.23. The van der Waals surface area contributed by atoms with Crippen LogP contribution in [-0.4, -0.2) is 10.3 Å². The van der Waals surface area contributed by atoms with Crippen molar-refractivity contribution in [3.63, 3.8) is 0 Å². The van der Waals surface area contributed by atoms with Crippen LogP contribution in [0.3, 0.4) is 0 Å². The fourth-order valence-electron chi connectivity index (χ4n) is 2.92. The van der Waals surface area contributed by atoms with Crippen molar-refractivity contribution in [1.82, 2.24) is 0 Å². The van der Waals surface area contributed by atoms with E-state index in [2.05, 4.69) is 5.32 Å². The molecule has 1 fully saturated rings. The zero-order valence-electron chi connectivity index (χ0n) is 14.4. The summed E-state index contributed by atoms with van der Waals surface area (Å²) in [6.45, 7) is 3.59. The molecule has 0 aromatic heterocycles. The van der Waals surface area contributed by atoms with Gasteiger partial charge >= 0.3 is 5.97 Å². The van der Waals surface area contributed by atoms with Crippen molar-refractivity contribution < 1.29 is 9.53 Å². The Balaban J connectivity index is 1.74. The number of hydrogen-bond acceptors (Lipinski definition) is 4. The Labute approximate surface area is 162 Å². The van der Waals surface area contributed by atoms with Crippen LogP contribution < -0.4 is 5.32 Å². The highest BCUT2D eigenvalue weighted by Crippen LogP contribution is 2.69. The molecule has 0 spiro atoms. The molecule has 0 radical (unpaired) electrons. The van der Waals surface area contributed by atoms with Crippen LogP contribution in [0.4, 0.5) is 11.4 Å². The first-order valence-electron chi connectivity index (χ1n) is 8.17. The summed E-state index contributed by atoms with van der Waals surface area (Å²) >= 11 is 12.3. The van der Waals surface area contributed by atoms with Gasteiger partial charge < -0.3 is 10.1 Å². The van der Waals surface area contributed by atoms with Crippen molar-refractivity contribution in [2.75, 3.05) is 5.32 Å². The zero-order chi connectivity index (χ0) is 18.9. The summed E-state index contributed by atoms with van der Waals surface area (Å²) in [6, 6.07) is 18.9. The van der Waals surface area contributed by atoms with E-state index in [4.69, 9.17) is 27.9 Å². The van der Waals surface area contributed by atoms with Crippen molar-refractivity contribution in [2.45, 2.75) is 24.3 Å². The summed E-state index contributed by atoms with van der Waals surface area (Å²) in [5.41, 5.74) is 1.71. The molecule has 4 nitrogen and oxygen atoms in total. The molecule has 134 valence electrons. The number of ether oxygens (including phenoxy) is 1. The second-order valence-electron chi connectivity index (χ2n) is 6.84. The number of para-hydroxylation sites is 1. The minimum absolute atomic E-state index is 0.562. The van der Waals surface area contributed by atoms with Crippen LogP contribution >= 0.6 is 23.2 Å². The average Bonchev–Trinajstić information content (AvgIpc) is 3.02. The molecule has 1 aliphatic rings. The molecule has 6 heteroatoms. The summed E-state index contributed by atoms with van der Waals surface area (Å²) in [5, 5.41) is 12.7. The van der Waals surface area contributed by atoms with Gasteiger partial charge in [0.25, 0.3) is 0 Å². The van der Waals surface area contributed by atoms with E-state index in [1.807, 2.05) is 42.5 Å². The van der Waals surface area contributed by atoms with Crippen LogP contribution in [0, 0.1) is 22.7 Å². The third-order valence-electron chi connectivity index (χ3n) is 4.70. The fraction of sp³-hybridized carbons (Fsp3) is 0.300. The molecular weight excluding hydrogens is 371 g/mol. The fourth-order valence-corrected chi connectivity index (χ4v) is 3.75. The van der Waals surface area contributed by atoms with Gasteiger partial charge in [0.2, 0.25) is 6.10 Å². The Morgan fingerprint density at radius 2 is 1.77 bits per heavy atom. The first-order valence-corrected chi connectivity index (χ1v) is 8.93. The summed E-state index contributed by atoms with van der Waals surface area (Å²) < 4.78 is 4.22. The van der Waals surface area contributed by atoms with E-state index >= 15 is 0 Å².